The Balaban J connectivity index is 1.78. The first-order chi connectivity index (χ1) is 10.1. The smallest absolute Gasteiger partial charge is 0.186 e. The minimum Gasteiger partial charge on any atom is -0.372 e. The average Bonchev–Trinajstić information content (AvgIpc) is 2.47. The SMILES string of the molecule is Cc1ccccc1C1=NN=C(N2CC(C)OC(C)C2)SC1. The Morgan fingerprint density at radius 3 is 2.48 bits per heavy atom. The zero-order valence-corrected chi connectivity index (χ0v) is 13.6. The largest absolute Gasteiger partial charge is 0.372 e. The quantitative estimate of drug-likeness (QED) is 0.800. The molecule has 0 amide bonds. The molecule has 2 atom stereocenters. The second kappa shape index (κ2) is 6.20. The molecule has 0 saturated carbocycles. The summed E-state index contributed by atoms with van der Waals surface area (Å²) in [5.41, 5.74) is 3.52. The molecule has 1 aromatic carbocycles. The van der Waals surface area contributed by atoms with E-state index in [1.807, 2.05) is 0 Å². The van der Waals surface area contributed by atoms with Crippen molar-refractivity contribution in [3.8, 4) is 0 Å². The first-order valence-electron chi connectivity index (χ1n) is 7.37. The Morgan fingerprint density at radius 1 is 1.14 bits per heavy atom. The highest BCUT2D eigenvalue weighted by Crippen LogP contribution is 2.22. The van der Waals surface area contributed by atoms with Crippen LogP contribution < -0.4 is 0 Å². The average molecular weight is 303 g/mol. The number of morpholine rings is 1. The van der Waals surface area contributed by atoms with Gasteiger partial charge in [0.15, 0.2) is 5.17 Å². The molecule has 21 heavy (non-hydrogen) atoms. The summed E-state index contributed by atoms with van der Waals surface area (Å²) in [6, 6.07) is 8.35. The number of nitrogens with zero attached hydrogens (tertiary/aromatic N) is 3. The Labute approximate surface area is 130 Å². The van der Waals surface area contributed by atoms with Crippen LogP contribution in [0.4, 0.5) is 0 Å². The molecule has 0 aromatic heterocycles. The first kappa shape index (κ1) is 14.6. The molecular formula is C16H21N3OS. The summed E-state index contributed by atoms with van der Waals surface area (Å²) in [5.74, 6) is 0.879. The van der Waals surface area contributed by atoms with Crippen molar-refractivity contribution in [2.24, 2.45) is 10.2 Å². The highest BCUT2D eigenvalue weighted by molar-refractivity contribution is 8.14. The van der Waals surface area contributed by atoms with Crippen LogP contribution in [0.25, 0.3) is 0 Å². The molecule has 0 N–H and O–H groups in total. The summed E-state index contributed by atoms with van der Waals surface area (Å²) < 4.78 is 5.77. The van der Waals surface area contributed by atoms with Crippen LogP contribution in [0.1, 0.15) is 25.0 Å². The molecule has 1 aromatic rings. The molecule has 0 radical (unpaired) electrons. The monoisotopic (exact) mass is 303 g/mol. The summed E-state index contributed by atoms with van der Waals surface area (Å²) in [5, 5.41) is 9.95. The van der Waals surface area contributed by atoms with E-state index in [0.29, 0.717) is 0 Å². The number of hydrogen-bond donors (Lipinski definition) is 0. The lowest BCUT2D eigenvalue weighted by Gasteiger charge is -2.37. The van der Waals surface area contributed by atoms with Gasteiger partial charge in [0.25, 0.3) is 0 Å². The Bertz CT molecular complexity index is 575. The van der Waals surface area contributed by atoms with Crippen LogP contribution in [-0.4, -0.2) is 46.8 Å². The summed E-state index contributed by atoms with van der Waals surface area (Å²) in [6.07, 6.45) is 0.498. The number of amidine groups is 1. The van der Waals surface area contributed by atoms with Gasteiger partial charge in [-0.25, -0.2) is 0 Å². The van der Waals surface area contributed by atoms with Gasteiger partial charge in [-0.15, -0.1) is 5.10 Å². The molecular weight excluding hydrogens is 282 g/mol. The molecule has 0 aliphatic carbocycles. The maximum atomic E-state index is 5.77. The summed E-state index contributed by atoms with van der Waals surface area (Å²) in [6.45, 7) is 8.13. The summed E-state index contributed by atoms with van der Waals surface area (Å²) in [4.78, 5) is 2.29. The van der Waals surface area contributed by atoms with Crippen molar-refractivity contribution >= 4 is 22.6 Å². The van der Waals surface area contributed by atoms with Gasteiger partial charge in [0, 0.05) is 24.4 Å². The number of aryl methyl sites for hydroxylation is 1. The van der Waals surface area contributed by atoms with Crippen LogP contribution in [0, 0.1) is 6.92 Å². The van der Waals surface area contributed by atoms with Gasteiger partial charge in [0.05, 0.1) is 17.9 Å². The van der Waals surface area contributed by atoms with E-state index in [1.54, 1.807) is 11.8 Å². The fourth-order valence-electron chi connectivity index (χ4n) is 2.81. The van der Waals surface area contributed by atoms with Crippen LogP contribution in [0.3, 0.4) is 0 Å². The molecule has 112 valence electrons. The van der Waals surface area contributed by atoms with Crippen molar-refractivity contribution in [3.05, 3.63) is 35.4 Å². The molecule has 0 bridgehead atoms. The number of rotatable bonds is 1. The van der Waals surface area contributed by atoms with E-state index in [4.69, 9.17) is 4.74 Å². The topological polar surface area (TPSA) is 37.2 Å². The fourth-order valence-corrected chi connectivity index (χ4v) is 3.72. The van der Waals surface area contributed by atoms with E-state index in [-0.39, 0.29) is 12.2 Å². The van der Waals surface area contributed by atoms with Crippen LogP contribution in [0.2, 0.25) is 0 Å². The van der Waals surface area contributed by atoms with Gasteiger partial charge < -0.3 is 9.64 Å². The van der Waals surface area contributed by atoms with Gasteiger partial charge in [-0.2, -0.15) is 5.10 Å². The predicted molar refractivity (Wildman–Crippen MR) is 89.2 cm³/mol. The molecule has 4 nitrogen and oxygen atoms in total. The van der Waals surface area contributed by atoms with Gasteiger partial charge in [0.2, 0.25) is 0 Å². The van der Waals surface area contributed by atoms with Crippen molar-refractivity contribution in [2.75, 3.05) is 18.8 Å². The predicted octanol–water partition coefficient (Wildman–Crippen LogP) is 2.91. The zero-order chi connectivity index (χ0) is 14.8. The number of hydrogen-bond acceptors (Lipinski definition) is 5. The molecule has 0 spiro atoms. The lowest BCUT2D eigenvalue weighted by Crippen LogP contribution is -2.47. The van der Waals surface area contributed by atoms with Crippen LogP contribution >= 0.6 is 11.8 Å². The van der Waals surface area contributed by atoms with Crippen molar-refractivity contribution in [1.29, 1.82) is 0 Å². The van der Waals surface area contributed by atoms with Crippen molar-refractivity contribution in [3.63, 3.8) is 0 Å². The van der Waals surface area contributed by atoms with Gasteiger partial charge in [-0.1, -0.05) is 36.0 Å². The molecule has 2 aliphatic rings. The van der Waals surface area contributed by atoms with Crippen molar-refractivity contribution in [2.45, 2.75) is 33.0 Å². The normalized spacial score (nSPS) is 26.3. The van der Waals surface area contributed by atoms with E-state index in [9.17, 15) is 0 Å². The first-order valence-corrected chi connectivity index (χ1v) is 8.36. The standard InChI is InChI=1S/C16H21N3OS/c1-11-6-4-5-7-14(11)15-10-21-16(18-17-15)19-8-12(2)20-13(3)9-19/h4-7,12-13H,8-10H2,1-3H3. The summed E-state index contributed by atoms with van der Waals surface area (Å²) in [7, 11) is 0. The van der Waals surface area contributed by atoms with Crippen LogP contribution in [0.15, 0.2) is 34.5 Å². The maximum absolute atomic E-state index is 5.77. The molecule has 2 unspecified atom stereocenters. The Hall–Kier alpha value is -1.33. The van der Waals surface area contributed by atoms with Crippen LogP contribution in [-0.2, 0) is 4.74 Å². The highest BCUT2D eigenvalue weighted by atomic mass is 32.2. The molecule has 5 heteroatoms. The third-order valence-electron chi connectivity index (χ3n) is 3.74. The second-order valence-corrected chi connectivity index (χ2v) is 6.64. The zero-order valence-electron chi connectivity index (χ0n) is 12.7. The van der Waals surface area contributed by atoms with Crippen molar-refractivity contribution < 1.29 is 4.74 Å². The fraction of sp³-hybridized carbons (Fsp3) is 0.500. The Morgan fingerprint density at radius 2 is 1.86 bits per heavy atom. The lowest BCUT2D eigenvalue weighted by atomic mass is 10.1. The van der Waals surface area contributed by atoms with Gasteiger partial charge in [0.1, 0.15) is 0 Å². The molecule has 2 heterocycles. The second-order valence-electron chi connectivity index (χ2n) is 5.70. The van der Waals surface area contributed by atoms with Gasteiger partial charge in [-0.05, 0) is 26.3 Å². The molecule has 1 saturated heterocycles. The van der Waals surface area contributed by atoms with Gasteiger partial charge >= 0.3 is 0 Å². The number of thioether (sulfide) groups is 1. The highest BCUT2D eigenvalue weighted by Gasteiger charge is 2.26. The lowest BCUT2D eigenvalue weighted by molar-refractivity contribution is -0.0472. The molecule has 2 aliphatic heterocycles. The maximum Gasteiger partial charge on any atom is 0.186 e. The minimum atomic E-state index is 0.249. The summed E-state index contributed by atoms with van der Waals surface area (Å²) >= 11 is 1.78. The molecule has 1 fully saturated rings. The van der Waals surface area contributed by atoms with Crippen molar-refractivity contribution in [1.82, 2.24) is 4.90 Å². The molecule has 3 rings (SSSR count). The Kier molecular flexibility index (Phi) is 4.31. The van der Waals surface area contributed by atoms with Gasteiger partial charge in [-0.3, -0.25) is 0 Å². The van der Waals surface area contributed by atoms with E-state index < -0.39 is 0 Å². The number of benzene rings is 1. The van der Waals surface area contributed by atoms with Crippen LogP contribution in [0.5, 0.6) is 0 Å². The minimum absolute atomic E-state index is 0.249. The van der Waals surface area contributed by atoms with E-state index in [1.165, 1.54) is 11.1 Å². The van der Waals surface area contributed by atoms with E-state index >= 15 is 0 Å². The number of ether oxygens (including phenoxy) is 1. The van der Waals surface area contributed by atoms with E-state index in [0.717, 1.165) is 29.7 Å². The van der Waals surface area contributed by atoms with E-state index in [2.05, 4.69) is 60.1 Å². The third kappa shape index (κ3) is 3.30. The third-order valence-corrected chi connectivity index (χ3v) is 4.76.